The minimum Gasteiger partial charge on any atom is -0.355 e. The van der Waals surface area contributed by atoms with Gasteiger partial charge in [0.15, 0.2) is 0 Å². The number of rotatable bonds is 1. The summed E-state index contributed by atoms with van der Waals surface area (Å²) in [5.74, 6) is 0.514. The monoisotopic (exact) mass is 322 g/mol. The van der Waals surface area contributed by atoms with Crippen LogP contribution in [-0.4, -0.2) is 86.9 Å². The number of carbonyl (C=O) groups is 2. The molecule has 0 aromatic rings. The van der Waals surface area contributed by atoms with Gasteiger partial charge in [-0.25, -0.2) is 0 Å². The fourth-order valence-electron chi connectivity index (χ4n) is 4.76. The van der Waals surface area contributed by atoms with Crippen LogP contribution < -0.4 is 5.32 Å². The first-order valence-electron chi connectivity index (χ1n) is 8.84. The summed E-state index contributed by atoms with van der Waals surface area (Å²) in [6, 6.07) is 0. The summed E-state index contributed by atoms with van der Waals surface area (Å²) in [6.07, 6.45) is 2.70. The predicted molar refractivity (Wildman–Crippen MR) is 88.9 cm³/mol. The zero-order chi connectivity index (χ0) is 16.6. The molecule has 0 aromatic carbocycles. The first-order chi connectivity index (χ1) is 10.9. The predicted octanol–water partition coefficient (Wildman–Crippen LogP) is -0.145. The minimum absolute atomic E-state index is 0.0662. The highest BCUT2D eigenvalue weighted by Crippen LogP contribution is 2.48. The van der Waals surface area contributed by atoms with E-state index in [0.29, 0.717) is 6.54 Å². The molecule has 23 heavy (non-hydrogen) atoms. The summed E-state index contributed by atoms with van der Waals surface area (Å²) in [5.41, 5.74) is -0.341. The Labute approximate surface area is 139 Å². The Morgan fingerprint density at radius 2 is 1.70 bits per heavy atom. The third-order valence-electron chi connectivity index (χ3n) is 6.26. The molecule has 0 aromatic heterocycles. The maximum Gasteiger partial charge on any atom is 0.228 e. The average Bonchev–Trinajstić information content (AvgIpc) is 2.69. The number of nitrogens with one attached hydrogen (secondary N) is 1. The van der Waals surface area contributed by atoms with Gasteiger partial charge in [0.25, 0.3) is 0 Å². The molecule has 130 valence electrons. The van der Waals surface area contributed by atoms with Crippen molar-refractivity contribution in [3.63, 3.8) is 0 Å². The van der Waals surface area contributed by atoms with E-state index in [1.807, 2.05) is 11.9 Å². The first-order valence-corrected chi connectivity index (χ1v) is 8.84. The van der Waals surface area contributed by atoms with E-state index in [1.54, 1.807) is 0 Å². The lowest BCUT2D eigenvalue weighted by atomic mass is 9.60. The third-order valence-corrected chi connectivity index (χ3v) is 6.26. The molecule has 2 unspecified atom stereocenters. The van der Waals surface area contributed by atoms with Gasteiger partial charge in [-0.15, -0.1) is 0 Å². The van der Waals surface area contributed by atoms with Crippen LogP contribution in [0, 0.1) is 17.3 Å². The summed E-state index contributed by atoms with van der Waals surface area (Å²) in [5, 5.41) is 3.06. The highest BCUT2D eigenvalue weighted by Gasteiger charge is 2.54. The van der Waals surface area contributed by atoms with Crippen molar-refractivity contribution in [2.75, 3.05) is 60.4 Å². The Kier molecular flexibility index (Phi) is 4.65. The van der Waals surface area contributed by atoms with Crippen molar-refractivity contribution in [3.05, 3.63) is 0 Å². The van der Waals surface area contributed by atoms with Gasteiger partial charge in [0.05, 0.1) is 11.3 Å². The zero-order valence-corrected chi connectivity index (χ0v) is 14.7. The van der Waals surface area contributed by atoms with Crippen molar-refractivity contribution in [3.8, 4) is 0 Å². The van der Waals surface area contributed by atoms with Gasteiger partial charge in [-0.05, 0) is 52.4 Å². The van der Waals surface area contributed by atoms with Crippen LogP contribution in [0.4, 0.5) is 0 Å². The van der Waals surface area contributed by atoms with E-state index in [2.05, 4.69) is 29.2 Å². The lowest BCUT2D eigenvalue weighted by molar-refractivity contribution is -0.159. The number of amides is 2. The number of carbonyl (C=O) groups excluding carboxylic acids is 2. The molecule has 3 rings (SSSR count). The van der Waals surface area contributed by atoms with E-state index in [1.165, 1.54) is 0 Å². The molecule has 3 aliphatic rings. The second-order valence-electron chi connectivity index (χ2n) is 7.74. The van der Waals surface area contributed by atoms with Gasteiger partial charge in [0.1, 0.15) is 0 Å². The van der Waals surface area contributed by atoms with Crippen molar-refractivity contribution in [1.29, 1.82) is 0 Å². The third kappa shape index (κ3) is 2.98. The van der Waals surface area contributed by atoms with Crippen molar-refractivity contribution in [1.82, 2.24) is 20.0 Å². The van der Waals surface area contributed by atoms with E-state index in [9.17, 15) is 9.59 Å². The molecule has 0 aliphatic carbocycles. The molecule has 3 fully saturated rings. The highest BCUT2D eigenvalue weighted by atomic mass is 16.2. The fourth-order valence-corrected chi connectivity index (χ4v) is 4.76. The number of nitrogens with zero attached hydrogens (tertiary/aromatic N) is 3. The van der Waals surface area contributed by atoms with Crippen molar-refractivity contribution < 1.29 is 9.59 Å². The summed E-state index contributed by atoms with van der Waals surface area (Å²) in [4.78, 5) is 32.2. The van der Waals surface area contributed by atoms with Crippen molar-refractivity contribution >= 4 is 11.8 Å². The number of hydrogen-bond acceptors (Lipinski definition) is 4. The zero-order valence-electron chi connectivity index (χ0n) is 14.7. The quantitative estimate of drug-likeness (QED) is 0.730. The van der Waals surface area contributed by atoms with Gasteiger partial charge >= 0.3 is 0 Å². The molecule has 3 saturated heterocycles. The molecule has 6 heteroatoms. The lowest BCUT2D eigenvalue weighted by Crippen LogP contribution is -2.59. The Morgan fingerprint density at radius 1 is 1.00 bits per heavy atom. The van der Waals surface area contributed by atoms with E-state index in [0.717, 1.165) is 52.0 Å². The SMILES string of the molecule is CN1CCC2(CC1)C(=O)N(C)CCC2C1CN(C)CCNC1=O. The van der Waals surface area contributed by atoms with Gasteiger partial charge in [-0.1, -0.05) is 0 Å². The smallest absolute Gasteiger partial charge is 0.228 e. The lowest BCUT2D eigenvalue weighted by Gasteiger charge is -2.51. The molecule has 0 saturated carbocycles. The van der Waals surface area contributed by atoms with Crippen LogP contribution in [-0.2, 0) is 9.59 Å². The Bertz CT molecular complexity index is 473. The molecule has 2 atom stereocenters. The van der Waals surface area contributed by atoms with Gasteiger partial charge in [-0.2, -0.15) is 0 Å². The Morgan fingerprint density at radius 3 is 2.39 bits per heavy atom. The summed E-state index contributed by atoms with van der Waals surface area (Å²) < 4.78 is 0. The van der Waals surface area contributed by atoms with Crippen LogP contribution in [0.2, 0.25) is 0 Å². The maximum atomic E-state index is 13.1. The Balaban J connectivity index is 1.91. The van der Waals surface area contributed by atoms with Crippen molar-refractivity contribution in [2.24, 2.45) is 17.3 Å². The summed E-state index contributed by atoms with van der Waals surface area (Å²) >= 11 is 0. The van der Waals surface area contributed by atoms with Crippen LogP contribution >= 0.6 is 0 Å². The van der Waals surface area contributed by atoms with Crippen LogP contribution in [0.15, 0.2) is 0 Å². The second kappa shape index (κ2) is 6.40. The first kappa shape index (κ1) is 16.7. The molecule has 2 amide bonds. The van der Waals surface area contributed by atoms with Crippen molar-refractivity contribution in [2.45, 2.75) is 19.3 Å². The molecule has 3 aliphatic heterocycles. The number of hydrogen-bond donors (Lipinski definition) is 1. The number of likely N-dealkylation sites (N-methyl/N-ethyl adjacent to an activating group) is 1. The molecule has 1 N–H and O–H groups in total. The van der Waals surface area contributed by atoms with Gasteiger partial charge in [0, 0.05) is 33.2 Å². The highest BCUT2D eigenvalue weighted by molar-refractivity contribution is 5.86. The fraction of sp³-hybridized carbons (Fsp3) is 0.882. The maximum absolute atomic E-state index is 13.1. The van der Waals surface area contributed by atoms with Crippen LogP contribution in [0.25, 0.3) is 0 Å². The van der Waals surface area contributed by atoms with E-state index in [4.69, 9.17) is 0 Å². The number of piperidine rings is 2. The molecule has 3 heterocycles. The van der Waals surface area contributed by atoms with Crippen LogP contribution in [0.5, 0.6) is 0 Å². The normalized spacial score (nSPS) is 33.6. The topological polar surface area (TPSA) is 55.9 Å². The second-order valence-corrected chi connectivity index (χ2v) is 7.74. The van der Waals surface area contributed by atoms with E-state index < -0.39 is 0 Å². The number of likely N-dealkylation sites (tertiary alicyclic amines) is 2. The van der Waals surface area contributed by atoms with Gasteiger partial charge in [0.2, 0.25) is 11.8 Å². The molecule has 0 bridgehead atoms. The Hall–Kier alpha value is -1.14. The largest absolute Gasteiger partial charge is 0.355 e. The molecule has 0 radical (unpaired) electrons. The standard InChI is InChI=1S/C17H30N4O2/c1-19-9-5-17(6-10-19)14(4-8-21(3)16(17)23)13-12-20(2)11-7-18-15(13)22/h13-14H,4-12H2,1-3H3,(H,18,22). The average molecular weight is 322 g/mol. The molecule has 1 spiro atoms. The summed E-state index contributed by atoms with van der Waals surface area (Å²) in [7, 11) is 6.11. The summed E-state index contributed by atoms with van der Waals surface area (Å²) in [6.45, 7) is 5.03. The van der Waals surface area contributed by atoms with E-state index in [-0.39, 0.29) is 29.1 Å². The van der Waals surface area contributed by atoms with Crippen LogP contribution in [0.1, 0.15) is 19.3 Å². The van der Waals surface area contributed by atoms with E-state index >= 15 is 0 Å². The molecular formula is C17H30N4O2. The molecule has 6 nitrogen and oxygen atoms in total. The van der Waals surface area contributed by atoms with Crippen LogP contribution in [0.3, 0.4) is 0 Å². The minimum atomic E-state index is -0.341. The molecular weight excluding hydrogens is 292 g/mol. The van der Waals surface area contributed by atoms with Gasteiger partial charge in [-0.3, -0.25) is 9.59 Å². The van der Waals surface area contributed by atoms with Gasteiger partial charge < -0.3 is 20.0 Å².